The van der Waals surface area contributed by atoms with Gasteiger partial charge in [0.2, 0.25) is 0 Å². The Morgan fingerprint density at radius 2 is 2.12 bits per heavy atom. The minimum Gasteiger partial charge on any atom is -0.506 e. The summed E-state index contributed by atoms with van der Waals surface area (Å²) in [5.41, 5.74) is 0.641. The average molecular weight is 219 g/mol. The molecule has 1 aromatic rings. The summed E-state index contributed by atoms with van der Waals surface area (Å²) in [5.74, 6) is 0.154. The lowest BCUT2D eigenvalue weighted by molar-refractivity contribution is -0.138. The second kappa shape index (κ2) is 3.14. The first-order valence-electron chi connectivity index (χ1n) is 5.46. The second-order valence-electron chi connectivity index (χ2n) is 4.58. The van der Waals surface area contributed by atoms with E-state index in [-0.39, 0.29) is 11.7 Å². The predicted molar refractivity (Wildman–Crippen MR) is 58.5 cm³/mol. The van der Waals surface area contributed by atoms with Crippen LogP contribution in [0, 0.1) is 11.8 Å². The maximum Gasteiger partial charge on any atom is 0.326 e. The number of anilines is 1. The third kappa shape index (κ3) is 1.26. The van der Waals surface area contributed by atoms with Gasteiger partial charge in [-0.3, -0.25) is 0 Å². The van der Waals surface area contributed by atoms with Crippen molar-refractivity contribution < 1.29 is 15.0 Å². The van der Waals surface area contributed by atoms with Crippen molar-refractivity contribution in [3.63, 3.8) is 0 Å². The number of hydrogen-bond donors (Lipinski definition) is 2. The molecular weight excluding hydrogens is 206 g/mol. The Morgan fingerprint density at radius 1 is 1.38 bits per heavy atom. The van der Waals surface area contributed by atoms with Gasteiger partial charge < -0.3 is 15.1 Å². The van der Waals surface area contributed by atoms with Crippen molar-refractivity contribution >= 4 is 11.7 Å². The first kappa shape index (κ1) is 9.51. The molecule has 0 spiro atoms. The van der Waals surface area contributed by atoms with Crippen LogP contribution in [0.5, 0.6) is 5.75 Å². The highest BCUT2D eigenvalue weighted by Crippen LogP contribution is 2.51. The van der Waals surface area contributed by atoms with Gasteiger partial charge in [-0.05, 0) is 30.4 Å². The van der Waals surface area contributed by atoms with Crippen LogP contribution in [0.3, 0.4) is 0 Å². The fraction of sp³-hybridized carbons (Fsp3) is 0.417. The zero-order valence-corrected chi connectivity index (χ0v) is 8.71. The van der Waals surface area contributed by atoms with Gasteiger partial charge in [0.1, 0.15) is 11.8 Å². The van der Waals surface area contributed by atoms with Gasteiger partial charge in [-0.2, -0.15) is 0 Å². The number of rotatable bonds is 2. The molecule has 1 aliphatic heterocycles. The molecule has 1 heterocycles. The van der Waals surface area contributed by atoms with Crippen LogP contribution in [0.25, 0.3) is 0 Å². The molecule has 4 nitrogen and oxygen atoms in total. The highest BCUT2D eigenvalue weighted by molar-refractivity contribution is 5.81. The summed E-state index contributed by atoms with van der Waals surface area (Å²) in [7, 11) is 0. The van der Waals surface area contributed by atoms with Gasteiger partial charge in [0.25, 0.3) is 0 Å². The summed E-state index contributed by atoms with van der Waals surface area (Å²) >= 11 is 0. The zero-order valence-electron chi connectivity index (χ0n) is 8.71. The van der Waals surface area contributed by atoms with Gasteiger partial charge in [0, 0.05) is 6.54 Å². The van der Waals surface area contributed by atoms with Crippen LogP contribution >= 0.6 is 0 Å². The first-order chi connectivity index (χ1) is 7.68. The van der Waals surface area contributed by atoms with Crippen LogP contribution in [-0.4, -0.2) is 28.8 Å². The maximum atomic E-state index is 11.2. The SMILES string of the molecule is O=C(O)C1C2CC2CN1c1ccccc1O. The highest BCUT2D eigenvalue weighted by Gasteiger charge is 2.56. The third-order valence-corrected chi connectivity index (χ3v) is 3.59. The molecule has 2 fully saturated rings. The molecule has 0 amide bonds. The molecule has 0 aromatic heterocycles. The van der Waals surface area contributed by atoms with Crippen LogP contribution in [-0.2, 0) is 4.79 Å². The Morgan fingerprint density at radius 3 is 2.81 bits per heavy atom. The average Bonchev–Trinajstić information content (AvgIpc) is 2.89. The maximum absolute atomic E-state index is 11.2. The number of benzene rings is 1. The fourth-order valence-electron chi connectivity index (χ4n) is 2.74. The lowest BCUT2D eigenvalue weighted by Gasteiger charge is -2.27. The molecule has 4 heteroatoms. The number of phenols is 1. The van der Waals surface area contributed by atoms with Gasteiger partial charge in [0.15, 0.2) is 0 Å². The van der Waals surface area contributed by atoms with Crippen molar-refractivity contribution in [1.29, 1.82) is 0 Å². The van der Waals surface area contributed by atoms with E-state index in [1.54, 1.807) is 18.2 Å². The molecule has 1 saturated carbocycles. The van der Waals surface area contributed by atoms with E-state index < -0.39 is 12.0 Å². The summed E-state index contributed by atoms with van der Waals surface area (Å²) < 4.78 is 0. The fourth-order valence-corrected chi connectivity index (χ4v) is 2.74. The lowest BCUT2D eigenvalue weighted by Crippen LogP contribution is -2.39. The van der Waals surface area contributed by atoms with Crippen molar-refractivity contribution in [3.05, 3.63) is 24.3 Å². The van der Waals surface area contributed by atoms with E-state index in [2.05, 4.69) is 0 Å². The number of nitrogens with zero attached hydrogens (tertiary/aromatic N) is 1. The van der Waals surface area contributed by atoms with E-state index in [4.69, 9.17) is 0 Å². The molecule has 3 unspecified atom stereocenters. The Hall–Kier alpha value is -1.71. The summed E-state index contributed by atoms with van der Waals surface area (Å²) in [5, 5.41) is 18.9. The third-order valence-electron chi connectivity index (χ3n) is 3.59. The Bertz CT molecular complexity index is 446. The first-order valence-corrected chi connectivity index (χ1v) is 5.46. The van der Waals surface area contributed by atoms with Crippen molar-refractivity contribution in [2.75, 3.05) is 11.4 Å². The second-order valence-corrected chi connectivity index (χ2v) is 4.58. The van der Waals surface area contributed by atoms with Crippen LogP contribution in [0.1, 0.15) is 6.42 Å². The standard InChI is InChI=1S/C12H13NO3/c14-10-4-2-1-3-9(10)13-6-7-5-8(7)11(13)12(15)16/h1-4,7-8,11,14H,5-6H2,(H,15,16). The summed E-state index contributed by atoms with van der Waals surface area (Å²) in [6, 6.07) is 6.47. The normalized spacial score (nSPS) is 31.2. The molecule has 84 valence electrons. The van der Waals surface area contributed by atoms with E-state index in [0.717, 1.165) is 13.0 Å². The van der Waals surface area contributed by atoms with Gasteiger partial charge in [-0.25, -0.2) is 4.79 Å². The lowest BCUT2D eigenvalue weighted by atomic mass is 10.1. The number of fused-ring (bicyclic) bond motifs is 1. The predicted octanol–water partition coefficient (Wildman–Crippen LogP) is 1.30. The van der Waals surface area contributed by atoms with Crippen LogP contribution in [0.2, 0.25) is 0 Å². The molecular formula is C12H13NO3. The van der Waals surface area contributed by atoms with Gasteiger partial charge in [-0.1, -0.05) is 12.1 Å². The van der Waals surface area contributed by atoms with Crippen molar-refractivity contribution in [1.82, 2.24) is 0 Å². The number of phenolic OH excluding ortho intramolecular Hbond substituents is 1. The van der Waals surface area contributed by atoms with E-state index in [9.17, 15) is 15.0 Å². The quantitative estimate of drug-likeness (QED) is 0.787. The number of aliphatic carboxylic acids is 1. The van der Waals surface area contributed by atoms with E-state index >= 15 is 0 Å². The minimum atomic E-state index is -0.784. The number of hydrogen-bond acceptors (Lipinski definition) is 3. The molecule has 3 atom stereocenters. The molecule has 2 aliphatic rings. The molecule has 16 heavy (non-hydrogen) atoms. The summed E-state index contributed by atoms with van der Waals surface area (Å²) in [4.78, 5) is 13.0. The Balaban J connectivity index is 1.96. The highest BCUT2D eigenvalue weighted by atomic mass is 16.4. The Labute approximate surface area is 93.1 Å². The molecule has 1 aliphatic carbocycles. The smallest absolute Gasteiger partial charge is 0.326 e. The number of carbonyl (C=O) groups is 1. The number of aromatic hydroxyl groups is 1. The van der Waals surface area contributed by atoms with Crippen molar-refractivity contribution in [3.8, 4) is 5.75 Å². The number of carboxylic acids is 1. The van der Waals surface area contributed by atoms with E-state index in [1.165, 1.54) is 0 Å². The molecule has 0 bridgehead atoms. The monoisotopic (exact) mass is 219 g/mol. The van der Waals surface area contributed by atoms with Gasteiger partial charge >= 0.3 is 5.97 Å². The van der Waals surface area contributed by atoms with Gasteiger partial charge in [-0.15, -0.1) is 0 Å². The minimum absolute atomic E-state index is 0.162. The number of piperidine rings is 1. The van der Waals surface area contributed by atoms with Crippen LogP contribution < -0.4 is 4.90 Å². The summed E-state index contributed by atoms with van der Waals surface area (Å²) in [6.07, 6.45) is 1.01. The zero-order chi connectivity index (χ0) is 11.3. The van der Waals surface area contributed by atoms with Crippen molar-refractivity contribution in [2.45, 2.75) is 12.5 Å². The largest absolute Gasteiger partial charge is 0.506 e. The molecule has 3 rings (SSSR count). The summed E-state index contributed by atoms with van der Waals surface area (Å²) in [6.45, 7) is 0.749. The topological polar surface area (TPSA) is 60.8 Å². The van der Waals surface area contributed by atoms with Crippen LogP contribution in [0.4, 0.5) is 5.69 Å². The molecule has 2 N–H and O–H groups in total. The number of para-hydroxylation sites is 2. The van der Waals surface area contributed by atoms with Crippen LogP contribution in [0.15, 0.2) is 24.3 Å². The van der Waals surface area contributed by atoms with E-state index in [0.29, 0.717) is 11.6 Å². The number of carboxylic acid groups (broad SMARTS) is 1. The molecule has 1 aromatic carbocycles. The Kier molecular flexibility index (Phi) is 1.87. The van der Waals surface area contributed by atoms with E-state index in [1.807, 2.05) is 11.0 Å². The molecule has 1 saturated heterocycles. The molecule has 0 radical (unpaired) electrons. The van der Waals surface area contributed by atoms with Gasteiger partial charge in [0.05, 0.1) is 5.69 Å². The van der Waals surface area contributed by atoms with Crippen molar-refractivity contribution in [2.24, 2.45) is 11.8 Å².